The van der Waals surface area contributed by atoms with Crippen LogP contribution in [0.2, 0.25) is 0 Å². The van der Waals surface area contributed by atoms with Crippen molar-refractivity contribution in [2.24, 2.45) is 0 Å². The van der Waals surface area contributed by atoms with Gasteiger partial charge in [-0.2, -0.15) is 0 Å². The van der Waals surface area contributed by atoms with Crippen molar-refractivity contribution in [1.29, 1.82) is 0 Å². The fraction of sp³-hybridized carbons (Fsp3) is 0.500. The molecule has 1 aromatic heterocycles. The van der Waals surface area contributed by atoms with Crippen molar-refractivity contribution in [2.45, 2.75) is 32.7 Å². The molecule has 2 N–H and O–H groups in total. The minimum Gasteiger partial charge on any atom is -0.321 e. The fourth-order valence-electron chi connectivity index (χ4n) is 1.65. The lowest BCUT2D eigenvalue weighted by Gasteiger charge is -2.22. The predicted octanol–water partition coefficient (Wildman–Crippen LogP) is -0.0448. The summed E-state index contributed by atoms with van der Waals surface area (Å²) in [6.45, 7) is 5.92. The number of nitrogens with zero attached hydrogens (tertiary/aromatic N) is 2. The van der Waals surface area contributed by atoms with E-state index >= 15 is 0 Å². The van der Waals surface area contributed by atoms with Gasteiger partial charge in [0.1, 0.15) is 5.69 Å². The molecule has 2 heterocycles. The first-order chi connectivity index (χ1) is 7.39. The maximum Gasteiger partial charge on any atom is 0.288 e. The van der Waals surface area contributed by atoms with E-state index in [0.717, 1.165) is 0 Å². The largest absolute Gasteiger partial charge is 0.321 e. The third kappa shape index (κ3) is 1.66. The third-order valence-corrected chi connectivity index (χ3v) is 2.42. The number of fused-ring (bicyclic) bond motifs is 1. The number of rotatable bonds is 0. The van der Waals surface area contributed by atoms with E-state index in [0.29, 0.717) is 11.4 Å². The molecule has 0 spiro atoms. The SMILES string of the molecule is CC(C)(C)n1cnc2c1C(=O)NNC(=O)C2. The van der Waals surface area contributed by atoms with Gasteiger partial charge < -0.3 is 4.57 Å². The van der Waals surface area contributed by atoms with Crippen LogP contribution in [0.4, 0.5) is 0 Å². The number of imidazole rings is 1. The second-order valence-corrected chi connectivity index (χ2v) is 4.76. The van der Waals surface area contributed by atoms with Crippen LogP contribution in [0.5, 0.6) is 0 Å². The van der Waals surface area contributed by atoms with Crippen molar-refractivity contribution in [1.82, 2.24) is 20.4 Å². The molecular weight excluding hydrogens is 208 g/mol. The van der Waals surface area contributed by atoms with E-state index in [1.807, 2.05) is 20.8 Å². The highest BCUT2D eigenvalue weighted by Crippen LogP contribution is 2.20. The second kappa shape index (κ2) is 3.33. The van der Waals surface area contributed by atoms with Crippen LogP contribution in [-0.2, 0) is 16.8 Å². The van der Waals surface area contributed by atoms with Gasteiger partial charge in [-0.3, -0.25) is 20.4 Å². The van der Waals surface area contributed by atoms with Crippen LogP contribution in [-0.4, -0.2) is 21.4 Å². The number of hydrazine groups is 1. The van der Waals surface area contributed by atoms with E-state index in [4.69, 9.17) is 0 Å². The zero-order valence-corrected chi connectivity index (χ0v) is 9.50. The molecule has 6 heteroatoms. The monoisotopic (exact) mass is 222 g/mol. The van der Waals surface area contributed by atoms with Gasteiger partial charge in [0.15, 0.2) is 0 Å². The highest BCUT2D eigenvalue weighted by molar-refractivity contribution is 5.98. The Bertz CT molecular complexity index is 456. The summed E-state index contributed by atoms with van der Waals surface area (Å²) in [7, 11) is 0. The van der Waals surface area contributed by atoms with Gasteiger partial charge in [-0.15, -0.1) is 0 Å². The minimum atomic E-state index is -0.326. The molecule has 0 saturated carbocycles. The number of carbonyl (C=O) groups is 2. The number of aromatic nitrogens is 2. The van der Waals surface area contributed by atoms with E-state index in [-0.39, 0.29) is 23.8 Å². The summed E-state index contributed by atoms with van der Waals surface area (Å²) in [5.74, 6) is -0.584. The van der Waals surface area contributed by atoms with Gasteiger partial charge in [-0.25, -0.2) is 4.98 Å². The molecular formula is C10H14N4O2. The van der Waals surface area contributed by atoms with Gasteiger partial charge in [-0.1, -0.05) is 0 Å². The predicted molar refractivity (Wildman–Crippen MR) is 56.5 cm³/mol. The summed E-state index contributed by atoms with van der Waals surface area (Å²) >= 11 is 0. The lowest BCUT2D eigenvalue weighted by atomic mass is 10.1. The highest BCUT2D eigenvalue weighted by Gasteiger charge is 2.28. The molecule has 2 rings (SSSR count). The van der Waals surface area contributed by atoms with E-state index in [9.17, 15) is 9.59 Å². The van der Waals surface area contributed by atoms with E-state index in [1.54, 1.807) is 10.9 Å². The molecule has 16 heavy (non-hydrogen) atoms. The quantitative estimate of drug-likeness (QED) is 0.646. The number of carbonyl (C=O) groups excluding carboxylic acids is 2. The number of nitrogens with one attached hydrogen (secondary N) is 2. The first kappa shape index (κ1) is 10.7. The first-order valence-corrected chi connectivity index (χ1v) is 5.05. The Hall–Kier alpha value is -1.85. The summed E-state index contributed by atoms with van der Waals surface area (Å²) in [5.41, 5.74) is 5.39. The van der Waals surface area contributed by atoms with Crippen molar-refractivity contribution in [3.05, 3.63) is 17.7 Å². The average Bonchev–Trinajstić information content (AvgIpc) is 2.52. The zero-order valence-electron chi connectivity index (χ0n) is 9.50. The second-order valence-electron chi connectivity index (χ2n) is 4.76. The molecule has 1 aliphatic heterocycles. The Morgan fingerprint density at radius 3 is 2.62 bits per heavy atom. The van der Waals surface area contributed by atoms with Gasteiger partial charge in [0.25, 0.3) is 5.91 Å². The molecule has 0 bridgehead atoms. The van der Waals surface area contributed by atoms with Crippen LogP contribution < -0.4 is 10.9 Å². The molecule has 0 atom stereocenters. The van der Waals surface area contributed by atoms with Crippen LogP contribution in [0.3, 0.4) is 0 Å². The van der Waals surface area contributed by atoms with Crippen LogP contribution in [0.25, 0.3) is 0 Å². The van der Waals surface area contributed by atoms with Gasteiger partial charge in [0.2, 0.25) is 5.91 Å². The Morgan fingerprint density at radius 2 is 2.00 bits per heavy atom. The minimum absolute atomic E-state index is 0.122. The molecule has 0 saturated heterocycles. The van der Waals surface area contributed by atoms with Crippen molar-refractivity contribution in [2.75, 3.05) is 0 Å². The molecule has 1 aliphatic rings. The van der Waals surface area contributed by atoms with Gasteiger partial charge >= 0.3 is 0 Å². The molecule has 2 amide bonds. The highest BCUT2D eigenvalue weighted by atomic mass is 16.2. The lowest BCUT2D eigenvalue weighted by molar-refractivity contribution is -0.121. The van der Waals surface area contributed by atoms with E-state index < -0.39 is 0 Å². The van der Waals surface area contributed by atoms with E-state index in [2.05, 4.69) is 15.8 Å². The topological polar surface area (TPSA) is 76.0 Å². The summed E-state index contributed by atoms with van der Waals surface area (Å²) < 4.78 is 1.78. The van der Waals surface area contributed by atoms with Crippen LogP contribution in [0, 0.1) is 0 Å². The zero-order chi connectivity index (χ0) is 11.9. The summed E-state index contributed by atoms with van der Waals surface area (Å²) in [5, 5.41) is 0. The molecule has 0 radical (unpaired) electrons. The lowest BCUT2D eigenvalue weighted by Crippen LogP contribution is -2.41. The van der Waals surface area contributed by atoms with Gasteiger partial charge in [-0.05, 0) is 20.8 Å². The Labute approximate surface area is 93.0 Å². The Morgan fingerprint density at radius 1 is 1.31 bits per heavy atom. The summed E-state index contributed by atoms with van der Waals surface area (Å²) in [4.78, 5) is 27.2. The molecule has 0 unspecified atom stereocenters. The van der Waals surface area contributed by atoms with Gasteiger partial charge in [0.05, 0.1) is 18.4 Å². The molecule has 0 aromatic carbocycles. The summed E-state index contributed by atoms with van der Waals surface area (Å²) in [6, 6.07) is 0. The number of hydrogen-bond donors (Lipinski definition) is 2. The maximum atomic E-state index is 11.8. The van der Waals surface area contributed by atoms with Crippen molar-refractivity contribution in [3.63, 3.8) is 0 Å². The summed E-state index contributed by atoms with van der Waals surface area (Å²) in [6.07, 6.45) is 1.72. The molecule has 0 aliphatic carbocycles. The Balaban J connectivity index is 2.55. The third-order valence-electron chi connectivity index (χ3n) is 2.42. The van der Waals surface area contributed by atoms with Crippen molar-refractivity contribution >= 4 is 11.8 Å². The standard InChI is InChI=1S/C10H14N4O2/c1-10(2,3)14-5-11-6-4-7(15)12-13-9(16)8(6)14/h5H,4H2,1-3H3,(H,12,15)(H,13,16). The fourth-order valence-corrected chi connectivity index (χ4v) is 1.65. The first-order valence-electron chi connectivity index (χ1n) is 5.05. The average molecular weight is 222 g/mol. The molecule has 86 valence electrons. The molecule has 6 nitrogen and oxygen atoms in total. The van der Waals surface area contributed by atoms with Crippen LogP contribution in [0.15, 0.2) is 6.33 Å². The van der Waals surface area contributed by atoms with Crippen LogP contribution in [0.1, 0.15) is 37.0 Å². The van der Waals surface area contributed by atoms with Gasteiger partial charge in [0, 0.05) is 5.54 Å². The Kier molecular flexibility index (Phi) is 2.22. The normalized spacial score (nSPS) is 16.2. The smallest absolute Gasteiger partial charge is 0.288 e. The maximum absolute atomic E-state index is 11.8. The van der Waals surface area contributed by atoms with Crippen molar-refractivity contribution in [3.8, 4) is 0 Å². The van der Waals surface area contributed by atoms with Crippen LogP contribution >= 0.6 is 0 Å². The number of amides is 2. The van der Waals surface area contributed by atoms with Crippen molar-refractivity contribution < 1.29 is 9.59 Å². The molecule has 0 fully saturated rings. The van der Waals surface area contributed by atoms with E-state index in [1.165, 1.54) is 0 Å². The molecule has 1 aromatic rings. The number of hydrogen-bond acceptors (Lipinski definition) is 3.